The van der Waals surface area contributed by atoms with Gasteiger partial charge < -0.3 is 5.32 Å². The van der Waals surface area contributed by atoms with E-state index in [1.807, 2.05) is 0 Å². The van der Waals surface area contributed by atoms with Crippen LogP contribution in [0, 0.1) is 12.8 Å². The van der Waals surface area contributed by atoms with E-state index in [4.69, 9.17) is 0 Å². The van der Waals surface area contributed by atoms with E-state index < -0.39 is 0 Å². The first-order valence-corrected chi connectivity index (χ1v) is 7.58. The van der Waals surface area contributed by atoms with Crippen LogP contribution in [0.5, 0.6) is 0 Å². The Morgan fingerprint density at radius 3 is 2.72 bits per heavy atom. The second-order valence-corrected chi connectivity index (χ2v) is 5.74. The standard InChI is InChI=1S/C17H27N/c1-3-18-17(16-9-4-5-10-16)12-11-15-8-6-7-14(2)13-15/h6-8,13,16-18H,3-5,9-12H2,1-2H3. The van der Waals surface area contributed by atoms with Gasteiger partial charge in [-0.2, -0.15) is 0 Å². The molecule has 1 aliphatic rings. The van der Waals surface area contributed by atoms with Gasteiger partial charge in [0.15, 0.2) is 0 Å². The molecule has 0 bridgehead atoms. The van der Waals surface area contributed by atoms with E-state index in [1.54, 1.807) is 0 Å². The van der Waals surface area contributed by atoms with Crippen molar-refractivity contribution in [2.75, 3.05) is 6.54 Å². The van der Waals surface area contributed by atoms with Crippen LogP contribution in [0.2, 0.25) is 0 Å². The van der Waals surface area contributed by atoms with Crippen molar-refractivity contribution in [1.29, 1.82) is 0 Å². The lowest BCUT2D eigenvalue weighted by molar-refractivity contribution is 0.346. The lowest BCUT2D eigenvalue weighted by Crippen LogP contribution is -2.35. The highest BCUT2D eigenvalue weighted by atomic mass is 14.9. The van der Waals surface area contributed by atoms with Gasteiger partial charge in [-0.15, -0.1) is 0 Å². The van der Waals surface area contributed by atoms with E-state index in [0.29, 0.717) is 0 Å². The highest BCUT2D eigenvalue weighted by molar-refractivity contribution is 5.22. The average molecular weight is 245 g/mol. The molecule has 1 nitrogen and oxygen atoms in total. The van der Waals surface area contributed by atoms with Crippen LogP contribution < -0.4 is 5.32 Å². The Hall–Kier alpha value is -0.820. The summed E-state index contributed by atoms with van der Waals surface area (Å²) in [5, 5.41) is 3.71. The molecule has 1 aromatic rings. The smallest absolute Gasteiger partial charge is 0.00983 e. The molecule has 1 unspecified atom stereocenters. The second kappa shape index (κ2) is 6.94. The third kappa shape index (κ3) is 3.84. The molecule has 2 rings (SSSR count). The van der Waals surface area contributed by atoms with Gasteiger partial charge in [0.2, 0.25) is 0 Å². The van der Waals surface area contributed by atoms with Crippen molar-refractivity contribution >= 4 is 0 Å². The van der Waals surface area contributed by atoms with Gasteiger partial charge in [-0.05, 0) is 50.6 Å². The molecule has 1 saturated carbocycles. The zero-order valence-electron chi connectivity index (χ0n) is 11.9. The fourth-order valence-electron chi connectivity index (χ4n) is 3.32. The van der Waals surface area contributed by atoms with Gasteiger partial charge in [-0.1, -0.05) is 49.6 Å². The van der Waals surface area contributed by atoms with Crippen LogP contribution >= 0.6 is 0 Å². The summed E-state index contributed by atoms with van der Waals surface area (Å²) < 4.78 is 0. The normalized spacial score (nSPS) is 18.1. The number of hydrogen-bond donors (Lipinski definition) is 1. The van der Waals surface area contributed by atoms with Crippen LogP contribution in [-0.2, 0) is 6.42 Å². The molecule has 0 spiro atoms. The Morgan fingerprint density at radius 1 is 1.28 bits per heavy atom. The monoisotopic (exact) mass is 245 g/mol. The maximum absolute atomic E-state index is 3.71. The minimum absolute atomic E-state index is 0.734. The van der Waals surface area contributed by atoms with Gasteiger partial charge in [-0.3, -0.25) is 0 Å². The number of nitrogens with one attached hydrogen (secondary N) is 1. The molecule has 0 aromatic heterocycles. The van der Waals surface area contributed by atoms with E-state index in [2.05, 4.69) is 43.4 Å². The van der Waals surface area contributed by atoms with Gasteiger partial charge in [0.1, 0.15) is 0 Å². The maximum Gasteiger partial charge on any atom is 0.00983 e. The van der Waals surface area contributed by atoms with Gasteiger partial charge in [0.25, 0.3) is 0 Å². The summed E-state index contributed by atoms with van der Waals surface area (Å²) >= 11 is 0. The second-order valence-electron chi connectivity index (χ2n) is 5.74. The Labute approximate surface area is 112 Å². The molecule has 1 heteroatoms. The van der Waals surface area contributed by atoms with E-state index in [9.17, 15) is 0 Å². The van der Waals surface area contributed by atoms with Crippen molar-refractivity contribution in [3.05, 3.63) is 35.4 Å². The van der Waals surface area contributed by atoms with Crippen LogP contribution in [0.15, 0.2) is 24.3 Å². The van der Waals surface area contributed by atoms with Crippen LogP contribution in [0.1, 0.15) is 50.2 Å². The highest BCUT2D eigenvalue weighted by Crippen LogP contribution is 2.29. The highest BCUT2D eigenvalue weighted by Gasteiger charge is 2.23. The Kier molecular flexibility index (Phi) is 5.25. The predicted molar refractivity (Wildman–Crippen MR) is 78.9 cm³/mol. The quantitative estimate of drug-likeness (QED) is 0.796. The summed E-state index contributed by atoms with van der Waals surface area (Å²) in [4.78, 5) is 0. The van der Waals surface area contributed by atoms with E-state index in [0.717, 1.165) is 18.5 Å². The predicted octanol–water partition coefficient (Wildman–Crippen LogP) is 4.10. The third-order valence-corrected chi connectivity index (χ3v) is 4.26. The SMILES string of the molecule is CCNC(CCc1cccc(C)c1)C1CCCC1. The Morgan fingerprint density at radius 2 is 2.06 bits per heavy atom. The molecule has 1 aromatic carbocycles. The molecular formula is C17H27N. The van der Waals surface area contributed by atoms with E-state index in [1.165, 1.54) is 49.7 Å². The first-order valence-electron chi connectivity index (χ1n) is 7.58. The Balaban J connectivity index is 1.88. The zero-order chi connectivity index (χ0) is 12.8. The molecule has 1 fully saturated rings. The van der Waals surface area contributed by atoms with Gasteiger partial charge in [0, 0.05) is 6.04 Å². The molecule has 0 heterocycles. The fourth-order valence-corrected chi connectivity index (χ4v) is 3.32. The van der Waals surface area contributed by atoms with Gasteiger partial charge >= 0.3 is 0 Å². The van der Waals surface area contributed by atoms with E-state index >= 15 is 0 Å². The molecule has 1 atom stereocenters. The fraction of sp³-hybridized carbons (Fsp3) is 0.647. The summed E-state index contributed by atoms with van der Waals surface area (Å²) in [6, 6.07) is 9.70. The largest absolute Gasteiger partial charge is 0.314 e. The molecule has 0 radical (unpaired) electrons. The van der Waals surface area contributed by atoms with Crippen LogP contribution in [0.4, 0.5) is 0 Å². The van der Waals surface area contributed by atoms with Crippen LogP contribution in [0.3, 0.4) is 0 Å². The minimum atomic E-state index is 0.734. The summed E-state index contributed by atoms with van der Waals surface area (Å²) in [7, 11) is 0. The Bertz CT molecular complexity index is 352. The summed E-state index contributed by atoms with van der Waals surface area (Å²) in [6.45, 7) is 5.52. The molecular weight excluding hydrogens is 218 g/mol. The number of rotatable bonds is 6. The van der Waals surface area contributed by atoms with Crippen molar-refractivity contribution in [3.63, 3.8) is 0 Å². The van der Waals surface area contributed by atoms with Crippen molar-refractivity contribution in [1.82, 2.24) is 5.32 Å². The van der Waals surface area contributed by atoms with Gasteiger partial charge in [0.05, 0.1) is 0 Å². The summed E-state index contributed by atoms with van der Waals surface area (Å²) in [5.74, 6) is 0.926. The van der Waals surface area contributed by atoms with Crippen molar-refractivity contribution in [2.24, 2.45) is 5.92 Å². The lowest BCUT2D eigenvalue weighted by atomic mass is 9.92. The van der Waals surface area contributed by atoms with Crippen LogP contribution in [0.25, 0.3) is 0 Å². The lowest BCUT2D eigenvalue weighted by Gasteiger charge is -2.24. The maximum atomic E-state index is 3.71. The summed E-state index contributed by atoms with van der Waals surface area (Å²) in [5.41, 5.74) is 2.88. The third-order valence-electron chi connectivity index (χ3n) is 4.26. The molecule has 18 heavy (non-hydrogen) atoms. The first-order chi connectivity index (χ1) is 8.79. The minimum Gasteiger partial charge on any atom is -0.314 e. The average Bonchev–Trinajstić information content (AvgIpc) is 2.88. The van der Waals surface area contributed by atoms with Crippen molar-refractivity contribution in [2.45, 2.75) is 58.4 Å². The van der Waals surface area contributed by atoms with Crippen molar-refractivity contribution in [3.8, 4) is 0 Å². The number of hydrogen-bond acceptors (Lipinski definition) is 1. The van der Waals surface area contributed by atoms with Crippen molar-refractivity contribution < 1.29 is 0 Å². The number of aryl methyl sites for hydroxylation is 2. The van der Waals surface area contributed by atoms with Crippen LogP contribution in [-0.4, -0.2) is 12.6 Å². The number of benzene rings is 1. The topological polar surface area (TPSA) is 12.0 Å². The van der Waals surface area contributed by atoms with E-state index in [-0.39, 0.29) is 0 Å². The molecule has 0 amide bonds. The molecule has 0 saturated heterocycles. The van der Waals surface area contributed by atoms with Gasteiger partial charge in [-0.25, -0.2) is 0 Å². The summed E-state index contributed by atoms with van der Waals surface area (Å²) in [6.07, 6.45) is 8.27. The molecule has 100 valence electrons. The molecule has 1 aliphatic carbocycles. The zero-order valence-corrected chi connectivity index (χ0v) is 11.9. The molecule has 0 aliphatic heterocycles. The molecule has 1 N–H and O–H groups in total. The first kappa shape index (κ1) is 13.6.